The van der Waals surface area contributed by atoms with Crippen LogP contribution in [0.4, 0.5) is 0 Å². The van der Waals surface area contributed by atoms with E-state index in [2.05, 4.69) is 51.1 Å². The quantitative estimate of drug-likeness (QED) is 0.0799. The van der Waals surface area contributed by atoms with Gasteiger partial charge in [0.15, 0.2) is 0 Å². The molecule has 6 aliphatic rings. The number of ketones is 1. The molecule has 0 radical (unpaired) electrons. The average molecular weight is 1140 g/mol. The number of thiocarbonyl (C=S) groups is 2. The van der Waals surface area contributed by atoms with Crippen molar-refractivity contribution in [2.75, 3.05) is 25.6 Å². The van der Waals surface area contributed by atoms with Gasteiger partial charge in [-0.2, -0.15) is 0 Å². The van der Waals surface area contributed by atoms with Crippen LogP contribution in [-0.2, 0) is 54.6 Å². The maximum Gasteiger partial charge on any atom is 0.246 e. The molecule has 5 amide bonds. The first kappa shape index (κ1) is 57.8. The zero-order chi connectivity index (χ0) is 55.8. The third-order valence-corrected chi connectivity index (χ3v) is 20.8. The summed E-state index contributed by atoms with van der Waals surface area (Å²) in [7, 11) is 3.65. The van der Waals surface area contributed by atoms with Crippen molar-refractivity contribution in [1.82, 2.24) is 47.0 Å². The molecule has 4 fully saturated rings. The predicted molar refractivity (Wildman–Crippen MR) is 317 cm³/mol. The number of Topliss-reactive ketones (excluding diaryl/α,β-unsaturated/α-hetero) is 1. The minimum Gasteiger partial charge on any atom is -0.367 e. The van der Waals surface area contributed by atoms with Crippen molar-refractivity contribution in [1.29, 1.82) is 0 Å². The van der Waals surface area contributed by atoms with Gasteiger partial charge in [-0.15, -0.1) is 23.5 Å². The van der Waals surface area contributed by atoms with Crippen LogP contribution in [0, 0.1) is 22.7 Å². The lowest BCUT2D eigenvalue weighted by molar-refractivity contribution is -0.143. The molecule has 2 aliphatic carbocycles. The van der Waals surface area contributed by atoms with Gasteiger partial charge in [-0.05, 0) is 129 Å². The largest absolute Gasteiger partial charge is 0.367 e. The van der Waals surface area contributed by atoms with Gasteiger partial charge in [0.05, 0.1) is 50.8 Å². The standard InChI is InChI=1S/C59H77N9O6S4/c1-32(60-7)54(75)63-42-23-25-77-45-29-58(3,4)49(67(45)56(42)73)52(71)65-47-38-15-11-9-13-36(38)27-40(47)44(69)22-21-34-17-19-35(20-18-34)31-62-51(70)41-28-37-14-10-12-16-39(37)48(41)66-53(72)50-59(5,6)30-46-68(50)57(74)43(24-26-78-46)64-55(76)33(2)61-8/h9-20,32-33,40-43,45-50,60-61H,21-31H2,1-8H3,(H,62,70)(H,63,75)(H,64,76)(H,65,71)(H,66,72)/t32-,33-,40-,41?,42-,43-,45-,46-,47-,48-,49+,50+/m0/s1. The van der Waals surface area contributed by atoms with Gasteiger partial charge in [-0.1, -0.05) is 125 Å². The molecule has 4 saturated heterocycles. The van der Waals surface area contributed by atoms with E-state index in [9.17, 15) is 28.8 Å². The van der Waals surface area contributed by atoms with Crippen molar-refractivity contribution < 1.29 is 28.8 Å². The van der Waals surface area contributed by atoms with Crippen LogP contribution in [0.5, 0.6) is 0 Å². The summed E-state index contributed by atoms with van der Waals surface area (Å²) < 4.78 is 0. The molecule has 9 rings (SSSR count). The van der Waals surface area contributed by atoms with Gasteiger partial charge in [0.1, 0.15) is 30.0 Å². The molecule has 4 aliphatic heterocycles. The minimum absolute atomic E-state index is 0.0577. The zero-order valence-electron chi connectivity index (χ0n) is 46.1. The molecule has 3 aromatic carbocycles. The number of carbonyl (C=O) groups excluding carboxylic acids is 6. The van der Waals surface area contributed by atoms with E-state index in [-0.39, 0.29) is 71.1 Å². The van der Waals surface area contributed by atoms with Gasteiger partial charge in [0, 0.05) is 18.9 Å². The minimum atomic E-state index is -0.744. The van der Waals surface area contributed by atoms with Crippen LogP contribution < -0.4 is 37.2 Å². The highest BCUT2D eigenvalue weighted by molar-refractivity contribution is 8.00. The van der Waals surface area contributed by atoms with E-state index in [1.54, 1.807) is 33.3 Å². The number of amides is 5. The van der Waals surface area contributed by atoms with Crippen LogP contribution in [0.3, 0.4) is 0 Å². The highest BCUT2D eigenvalue weighted by Crippen LogP contribution is 2.49. The van der Waals surface area contributed by atoms with Crippen LogP contribution in [0.15, 0.2) is 72.8 Å². The Bertz CT molecular complexity index is 2630. The topological polar surface area (TPSA) is 193 Å². The molecule has 0 spiro atoms. The van der Waals surface area contributed by atoms with E-state index in [1.807, 2.05) is 115 Å². The normalized spacial score (nSPS) is 28.4. The molecular weight excluding hydrogens is 1060 g/mol. The van der Waals surface area contributed by atoms with Gasteiger partial charge >= 0.3 is 0 Å². The SMILES string of the molecule is CN[C@@H](C)C(=S)N[C@H]1CCS[C@H]2CC(C)(C)[C@@H](C(=O)N[C@H]3c4ccccc4CC3C(=O)NCc3ccc(CCC(=O)[C@@H]4Cc5ccccc5[C@@H]4NC(=O)[C@H]4N5C(=O)[C@@H](NC(=S)[C@H](C)NC)CCS[C@H]5CC4(C)C)cc3)N2C1=O. The number of hydrogen-bond donors (Lipinski definition) is 7. The molecule has 0 aromatic heterocycles. The van der Waals surface area contributed by atoms with Crippen LogP contribution in [-0.4, -0.2) is 128 Å². The summed E-state index contributed by atoms with van der Waals surface area (Å²) in [6.45, 7) is 12.4. The molecule has 0 bridgehead atoms. The van der Waals surface area contributed by atoms with Gasteiger partial charge in [0.25, 0.3) is 0 Å². The second-order valence-corrected chi connectivity index (χ2v) is 27.0. The number of nitrogens with one attached hydrogen (secondary N) is 7. The highest BCUT2D eigenvalue weighted by atomic mass is 32.2. The maximum absolute atomic E-state index is 14.7. The van der Waals surface area contributed by atoms with E-state index < -0.39 is 58.9 Å². The number of carbonyl (C=O) groups is 6. The second-order valence-electron chi connectivity index (χ2n) is 23.5. The molecule has 4 heterocycles. The summed E-state index contributed by atoms with van der Waals surface area (Å²) in [5.74, 6) is -0.420. The van der Waals surface area contributed by atoms with Crippen LogP contribution in [0.2, 0.25) is 0 Å². The van der Waals surface area contributed by atoms with Crippen molar-refractivity contribution in [2.45, 2.75) is 159 Å². The van der Waals surface area contributed by atoms with Crippen molar-refractivity contribution in [3.8, 4) is 0 Å². The number of benzene rings is 3. The smallest absolute Gasteiger partial charge is 0.246 e. The van der Waals surface area contributed by atoms with Gasteiger partial charge in [-0.25, -0.2) is 0 Å². The number of aryl methyl sites for hydroxylation is 1. The van der Waals surface area contributed by atoms with E-state index in [4.69, 9.17) is 24.4 Å². The molecule has 1 unspecified atom stereocenters. The Morgan fingerprint density at radius 2 is 1.05 bits per heavy atom. The molecule has 19 heteroatoms. The number of thioether (sulfide) groups is 2. The lowest BCUT2D eigenvalue weighted by atomic mass is 9.83. The maximum atomic E-state index is 14.7. The number of hydrogen-bond acceptors (Lipinski definition) is 12. The monoisotopic (exact) mass is 1140 g/mol. The Labute approximate surface area is 479 Å². The summed E-state index contributed by atoms with van der Waals surface area (Å²) in [5, 5.41) is 22.3. The zero-order valence-corrected chi connectivity index (χ0v) is 49.4. The molecular formula is C59H77N9O6S4. The Balaban J connectivity index is 0.823. The van der Waals surface area contributed by atoms with Crippen molar-refractivity contribution in [2.24, 2.45) is 22.7 Å². The second kappa shape index (κ2) is 24.0. The number of rotatable bonds is 17. The Morgan fingerprint density at radius 3 is 1.53 bits per heavy atom. The van der Waals surface area contributed by atoms with Crippen molar-refractivity contribution in [3.63, 3.8) is 0 Å². The van der Waals surface area contributed by atoms with Crippen molar-refractivity contribution in [3.05, 3.63) is 106 Å². The number of fused-ring (bicyclic) bond motifs is 4. The Hall–Kier alpha value is -4.92. The average Bonchev–Trinajstić information content (AvgIpc) is 4.19. The van der Waals surface area contributed by atoms with Gasteiger partial charge in [-0.3, -0.25) is 28.8 Å². The van der Waals surface area contributed by atoms with E-state index in [1.165, 1.54) is 0 Å². The molecule has 3 aromatic rings. The van der Waals surface area contributed by atoms with E-state index in [0.29, 0.717) is 54.9 Å². The first-order chi connectivity index (χ1) is 37.2. The van der Waals surface area contributed by atoms with E-state index >= 15 is 0 Å². The molecule has 12 atom stereocenters. The summed E-state index contributed by atoms with van der Waals surface area (Å²) in [6, 6.07) is 19.8. The van der Waals surface area contributed by atoms with Gasteiger partial charge < -0.3 is 47.0 Å². The molecule has 0 saturated carbocycles. The molecule has 78 heavy (non-hydrogen) atoms. The lowest BCUT2D eigenvalue weighted by Crippen LogP contribution is -2.58. The van der Waals surface area contributed by atoms with E-state index in [0.717, 1.165) is 44.9 Å². The first-order valence-electron chi connectivity index (χ1n) is 27.7. The Kier molecular flexibility index (Phi) is 17.8. The third kappa shape index (κ3) is 11.9. The summed E-state index contributed by atoms with van der Waals surface area (Å²) in [4.78, 5) is 91.5. The lowest BCUT2D eigenvalue weighted by Gasteiger charge is -2.35. The fraction of sp³-hybridized carbons (Fsp3) is 0.559. The summed E-state index contributed by atoms with van der Waals surface area (Å²) >= 11 is 14.7. The first-order valence-corrected chi connectivity index (χ1v) is 30.6. The van der Waals surface area contributed by atoms with Crippen LogP contribution in [0.25, 0.3) is 0 Å². The Morgan fingerprint density at radius 1 is 0.615 bits per heavy atom. The molecule has 7 N–H and O–H groups in total. The van der Waals surface area contributed by atoms with Crippen molar-refractivity contribution >= 4 is 93.3 Å². The molecule has 15 nitrogen and oxygen atoms in total. The highest BCUT2D eigenvalue weighted by Gasteiger charge is 2.57. The third-order valence-electron chi connectivity index (χ3n) is 17.3. The van der Waals surface area contributed by atoms with Crippen LogP contribution >= 0.6 is 48.0 Å². The predicted octanol–water partition coefficient (Wildman–Crippen LogP) is 5.83. The fourth-order valence-electron chi connectivity index (χ4n) is 12.7. The summed E-state index contributed by atoms with van der Waals surface area (Å²) in [6.07, 6.45) is 4.28. The molecule has 418 valence electrons. The van der Waals surface area contributed by atoms with Gasteiger partial charge in [0.2, 0.25) is 29.5 Å². The number of likely N-dealkylation sites (N-methyl/N-ethyl adjacent to an activating group) is 2. The fourth-order valence-corrected chi connectivity index (χ4v) is 16.4. The summed E-state index contributed by atoms with van der Waals surface area (Å²) in [5.41, 5.74) is 4.70. The van der Waals surface area contributed by atoms with Crippen LogP contribution in [0.1, 0.15) is 119 Å². The number of nitrogens with zero attached hydrogens (tertiary/aromatic N) is 2.